The first-order chi connectivity index (χ1) is 9.93. The maximum Gasteiger partial charge on any atom is 0.323 e. The summed E-state index contributed by atoms with van der Waals surface area (Å²) in [6, 6.07) is 5.99. The Morgan fingerprint density at radius 1 is 1.33 bits per heavy atom. The summed E-state index contributed by atoms with van der Waals surface area (Å²) in [5, 5.41) is 9.08. The third-order valence-corrected chi connectivity index (χ3v) is 4.82. The molecule has 1 aromatic carbocycles. The average Bonchev–Trinajstić information content (AvgIpc) is 2.43. The van der Waals surface area contributed by atoms with Gasteiger partial charge in [-0.2, -0.15) is 0 Å². The van der Waals surface area contributed by atoms with Gasteiger partial charge >= 0.3 is 5.97 Å². The maximum atomic E-state index is 12.1. The summed E-state index contributed by atoms with van der Waals surface area (Å²) < 4.78 is 0. The van der Waals surface area contributed by atoms with E-state index in [1.54, 1.807) is 0 Å². The topological polar surface area (TPSA) is 57.6 Å². The van der Waals surface area contributed by atoms with Gasteiger partial charge in [0.1, 0.15) is 6.54 Å². The van der Waals surface area contributed by atoms with Crippen LogP contribution in [0.5, 0.6) is 0 Å². The van der Waals surface area contributed by atoms with Crippen molar-refractivity contribution >= 4 is 29.3 Å². The van der Waals surface area contributed by atoms with Gasteiger partial charge in [-0.25, -0.2) is 0 Å². The van der Waals surface area contributed by atoms with Gasteiger partial charge in [0.25, 0.3) is 0 Å². The Hall–Kier alpha value is -1.75. The molecule has 0 atom stereocenters. The highest BCUT2D eigenvalue weighted by molar-refractivity contribution is 8.04. The Labute approximate surface area is 128 Å². The number of carboxylic acid groups (broad SMARTS) is 1. The minimum absolute atomic E-state index is 0.146. The maximum absolute atomic E-state index is 12.1. The average molecular weight is 305 g/mol. The standard InChI is InChI=1S/C16H19NO3S/c1-4-13-16(12-6-5-10(2)11(3)7-12)17(8-15(19)20)14(18)9-21-13/h5-7H,4,8-9H2,1-3H3,(H,19,20). The first kappa shape index (κ1) is 15.6. The lowest BCUT2D eigenvalue weighted by Gasteiger charge is -2.31. The van der Waals surface area contributed by atoms with Crippen molar-refractivity contribution in [1.82, 2.24) is 4.90 Å². The van der Waals surface area contributed by atoms with Gasteiger partial charge in [-0.3, -0.25) is 14.5 Å². The number of amides is 1. The summed E-state index contributed by atoms with van der Waals surface area (Å²) in [4.78, 5) is 25.7. The SMILES string of the molecule is CCC1=C(c2ccc(C)c(C)c2)N(CC(=O)O)C(=O)CS1. The Bertz CT molecular complexity index is 622. The molecule has 1 N–H and O–H groups in total. The lowest BCUT2D eigenvalue weighted by atomic mass is 10.0. The van der Waals surface area contributed by atoms with Crippen molar-refractivity contribution < 1.29 is 14.7 Å². The molecule has 0 bridgehead atoms. The summed E-state index contributed by atoms with van der Waals surface area (Å²) in [7, 11) is 0. The predicted molar refractivity (Wildman–Crippen MR) is 84.9 cm³/mol. The number of nitrogens with zero attached hydrogens (tertiary/aromatic N) is 1. The van der Waals surface area contributed by atoms with Gasteiger partial charge in [0, 0.05) is 4.91 Å². The van der Waals surface area contributed by atoms with E-state index in [2.05, 4.69) is 0 Å². The molecule has 112 valence electrons. The molecular weight excluding hydrogens is 286 g/mol. The van der Waals surface area contributed by atoms with Crippen LogP contribution in [0.3, 0.4) is 0 Å². The number of hydrogen-bond acceptors (Lipinski definition) is 3. The zero-order valence-electron chi connectivity index (χ0n) is 12.5. The minimum Gasteiger partial charge on any atom is -0.480 e. The highest BCUT2D eigenvalue weighted by Gasteiger charge is 2.29. The van der Waals surface area contributed by atoms with E-state index in [-0.39, 0.29) is 12.5 Å². The molecule has 1 amide bonds. The summed E-state index contributed by atoms with van der Waals surface area (Å²) in [6.07, 6.45) is 0.788. The molecule has 1 aliphatic heterocycles. The van der Waals surface area contributed by atoms with Gasteiger partial charge in [0.15, 0.2) is 0 Å². The smallest absolute Gasteiger partial charge is 0.323 e. The molecule has 2 rings (SSSR count). The van der Waals surface area contributed by atoms with Crippen LogP contribution in [0.4, 0.5) is 0 Å². The van der Waals surface area contributed by atoms with Crippen molar-refractivity contribution in [1.29, 1.82) is 0 Å². The van der Waals surface area contributed by atoms with Crippen LogP contribution in [0, 0.1) is 13.8 Å². The molecule has 0 aromatic heterocycles. The first-order valence-electron chi connectivity index (χ1n) is 6.89. The number of benzene rings is 1. The van der Waals surface area contributed by atoms with Crippen molar-refractivity contribution in [3.8, 4) is 0 Å². The Balaban J connectivity index is 2.55. The summed E-state index contributed by atoms with van der Waals surface area (Å²) >= 11 is 1.51. The van der Waals surface area contributed by atoms with Crippen molar-refractivity contribution in [3.63, 3.8) is 0 Å². The third-order valence-electron chi connectivity index (χ3n) is 3.60. The molecule has 0 spiro atoms. The number of aliphatic carboxylic acids is 1. The molecule has 5 heteroatoms. The lowest BCUT2D eigenvalue weighted by molar-refractivity contribution is -0.141. The number of carboxylic acids is 1. The van der Waals surface area contributed by atoms with E-state index in [4.69, 9.17) is 5.11 Å². The zero-order valence-corrected chi connectivity index (χ0v) is 13.3. The number of rotatable bonds is 4. The van der Waals surface area contributed by atoms with Gasteiger partial charge in [-0.1, -0.05) is 19.1 Å². The molecule has 0 aliphatic carbocycles. The molecule has 21 heavy (non-hydrogen) atoms. The van der Waals surface area contributed by atoms with E-state index in [1.807, 2.05) is 39.0 Å². The molecule has 0 fully saturated rings. The van der Waals surface area contributed by atoms with Crippen LogP contribution in [0.2, 0.25) is 0 Å². The number of allylic oxidation sites excluding steroid dienone is 1. The van der Waals surface area contributed by atoms with Gasteiger partial charge in [-0.05, 0) is 43.0 Å². The van der Waals surface area contributed by atoms with Crippen LogP contribution in [-0.2, 0) is 9.59 Å². The largest absolute Gasteiger partial charge is 0.480 e. The molecule has 1 heterocycles. The predicted octanol–water partition coefficient (Wildman–Crippen LogP) is 3.04. The van der Waals surface area contributed by atoms with Gasteiger partial charge in [0.05, 0.1) is 11.4 Å². The minimum atomic E-state index is -0.993. The number of carbonyl (C=O) groups is 2. The van der Waals surface area contributed by atoms with Crippen LogP contribution >= 0.6 is 11.8 Å². The van der Waals surface area contributed by atoms with Crippen molar-refractivity contribution in [2.45, 2.75) is 27.2 Å². The fraction of sp³-hybridized carbons (Fsp3) is 0.375. The molecule has 0 saturated carbocycles. The van der Waals surface area contributed by atoms with E-state index >= 15 is 0 Å². The van der Waals surface area contributed by atoms with Crippen molar-refractivity contribution in [2.75, 3.05) is 12.3 Å². The molecule has 0 radical (unpaired) electrons. The molecule has 1 aromatic rings. The lowest BCUT2D eigenvalue weighted by Crippen LogP contribution is -2.38. The molecule has 1 aliphatic rings. The molecular formula is C16H19NO3S. The van der Waals surface area contributed by atoms with E-state index in [1.165, 1.54) is 22.2 Å². The third kappa shape index (κ3) is 3.29. The second-order valence-electron chi connectivity index (χ2n) is 5.09. The number of thioether (sulfide) groups is 1. The van der Waals surface area contributed by atoms with E-state index < -0.39 is 5.97 Å². The molecule has 0 saturated heterocycles. The fourth-order valence-corrected chi connectivity index (χ4v) is 3.37. The van der Waals surface area contributed by atoms with Crippen molar-refractivity contribution in [3.05, 3.63) is 39.8 Å². The number of aryl methyl sites for hydroxylation is 2. The Kier molecular flexibility index (Phi) is 4.73. The Morgan fingerprint density at radius 3 is 2.62 bits per heavy atom. The zero-order chi connectivity index (χ0) is 15.6. The second kappa shape index (κ2) is 6.35. The number of carbonyl (C=O) groups excluding carboxylic acids is 1. The highest BCUT2D eigenvalue weighted by atomic mass is 32.2. The van der Waals surface area contributed by atoms with Crippen molar-refractivity contribution in [2.24, 2.45) is 0 Å². The highest BCUT2D eigenvalue weighted by Crippen LogP contribution is 2.37. The van der Waals surface area contributed by atoms with Crippen LogP contribution in [0.25, 0.3) is 5.70 Å². The molecule has 0 unspecified atom stereocenters. The van der Waals surface area contributed by atoms with E-state index in [0.717, 1.165) is 28.1 Å². The summed E-state index contributed by atoms with van der Waals surface area (Å²) in [6.45, 7) is 5.79. The monoisotopic (exact) mass is 305 g/mol. The second-order valence-corrected chi connectivity index (χ2v) is 6.16. The van der Waals surface area contributed by atoms with Gasteiger partial charge < -0.3 is 5.11 Å². The normalized spacial score (nSPS) is 15.6. The summed E-state index contributed by atoms with van der Waals surface area (Å²) in [5.41, 5.74) is 3.98. The van der Waals surface area contributed by atoms with Crippen LogP contribution in [0.1, 0.15) is 30.0 Å². The summed E-state index contributed by atoms with van der Waals surface area (Å²) in [5.74, 6) is -0.829. The van der Waals surface area contributed by atoms with Crippen LogP contribution < -0.4 is 0 Å². The van der Waals surface area contributed by atoms with Crippen LogP contribution in [0.15, 0.2) is 23.1 Å². The Morgan fingerprint density at radius 2 is 2.05 bits per heavy atom. The van der Waals surface area contributed by atoms with Gasteiger partial charge in [-0.15, -0.1) is 11.8 Å². The molecule has 4 nitrogen and oxygen atoms in total. The fourth-order valence-electron chi connectivity index (χ4n) is 2.35. The number of hydrogen-bond donors (Lipinski definition) is 1. The van der Waals surface area contributed by atoms with Crippen LogP contribution in [-0.4, -0.2) is 34.2 Å². The quantitative estimate of drug-likeness (QED) is 0.929. The van der Waals surface area contributed by atoms with Gasteiger partial charge in [0.2, 0.25) is 5.91 Å². The van der Waals surface area contributed by atoms with E-state index in [0.29, 0.717) is 5.75 Å². The first-order valence-corrected chi connectivity index (χ1v) is 7.88. The van der Waals surface area contributed by atoms with E-state index in [9.17, 15) is 9.59 Å².